The van der Waals surface area contributed by atoms with Gasteiger partial charge in [-0.05, 0) is 12.0 Å². The molecule has 1 atom stereocenters. The maximum atomic E-state index is 12.6. The molecule has 0 radical (unpaired) electrons. The van der Waals surface area contributed by atoms with Crippen molar-refractivity contribution in [2.75, 3.05) is 18.4 Å². The monoisotopic (exact) mass is 391 g/mol. The van der Waals surface area contributed by atoms with Crippen LogP contribution in [0.1, 0.15) is 12.0 Å². The highest BCUT2D eigenvalue weighted by Gasteiger charge is 2.34. The van der Waals surface area contributed by atoms with Crippen LogP contribution in [-0.2, 0) is 16.0 Å². The number of carbonyl (C=O) groups excluding carboxylic acids is 2. The smallest absolute Gasteiger partial charge is 0.231 e. The van der Waals surface area contributed by atoms with Crippen molar-refractivity contribution >= 4 is 28.3 Å². The Morgan fingerprint density at radius 2 is 1.82 bits per heavy atom. The minimum absolute atomic E-state index is 0.0418. The number of aromatic nitrogens is 1. The molecule has 5 nitrogen and oxygen atoms in total. The molecule has 1 aliphatic rings. The molecule has 2 aromatic carbocycles. The molecule has 1 fully saturated rings. The molecule has 0 spiro atoms. The molecular weight excluding hydrogens is 370 g/mol. The van der Waals surface area contributed by atoms with Gasteiger partial charge in [-0.2, -0.15) is 0 Å². The topological polar surface area (TPSA) is 62.3 Å². The molecule has 1 unspecified atom stereocenters. The third-order valence-corrected chi connectivity index (χ3v) is 5.66. The van der Waals surface area contributed by atoms with Crippen molar-refractivity contribution in [3.8, 4) is 11.3 Å². The summed E-state index contributed by atoms with van der Waals surface area (Å²) in [7, 11) is 0. The van der Waals surface area contributed by atoms with E-state index in [-0.39, 0.29) is 24.2 Å². The first-order valence-electron chi connectivity index (χ1n) is 9.32. The molecule has 0 bridgehead atoms. The average molecular weight is 391 g/mol. The summed E-state index contributed by atoms with van der Waals surface area (Å²) in [4.78, 5) is 31.2. The second-order valence-corrected chi connectivity index (χ2v) is 7.73. The summed E-state index contributed by atoms with van der Waals surface area (Å²) in [5.74, 6) is -0.419. The first kappa shape index (κ1) is 18.4. The number of nitrogens with one attached hydrogen (secondary N) is 1. The fourth-order valence-electron chi connectivity index (χ4n) is 3.35. The van der Waals surface area contributed by atoms with E-state index in [2.05, 4.69) is 22.4 Å². The highest BCUT2D eigenvalue weighted by atomic mass is 32.1. The van der Waals surface area contributed by atoms with E-state index in [1.807, 2.05) is 53.9 Å². The van der Waals surface area contributed by atoms with Gasteiger partial charge in [0.1, 0.15) is 0 Å². The quantitative estimate of drug-likeness (QED) is 0.694. The van der Waals surface area contributed by atoms with Gasteiger partial charge in [0.25, 0.3) is 0 Å². The molecule has 0 aliphatic carbocycles. The number of nitrogens with zero attached hydrogens (tertiary/aromatic N) is 2. The summed E-state index contributed by atoms with van der Waals surface area (Å²) in [5.41, 5.74) is 3.05. The number of amides is 2. The maximum absolute atomic E-state index is 12.6. The SMILES string of the molecule is O=C(Nc1nc(-c2ccccc2)cs1)C1CC(=O)N(CCc2ccccc2)C1. The zero-order valence-electron chi connectivity index (χ0n) is 15.4. The standard InChI is InChI=1S/C22H21N3O2S/c26-20-13-18(14-25(20)12-11-16-7-3-1-4-8-16)21(27)24-22-23-19(15-28-22)17-9-5-2-6-10-17/h1-10,15,18H,11-14H2,(H,23,24,27). The van der Waals surface area contributed by atoms with Gasteiger partial charge in [-0.1, -0.05) is 60.7 Å². The van der Waals surface area contributed by atoms with E-state index in [1.54, 1.807) is 4.90 Å². The zero-order valence-corrected chi connectivity index (χ0v) is 16.2. The number of rotatable bonds is 6. The Morgan fingerprint density at radius 3 is 2.57 bits per heavy atom. The lowest BCUT2D eigenvalue weighted by atomic mass is 10.1. The summed E-state index contributed by atoms with van der Waals surface area (Å²) in [6.07, 6.45) is 1.06. The van der Waals surface area contributed by atoms with Crippen LogP contribution in [0.25, 0.3) is 11.3 Å². The van der Waals surface area contributed by atoms with Gasteiger partial charge < -0.3 is 10.2 Å². The summed E-state index contributed by atoms with van der Waals surface area (Å²) in [5, 5.41) is 5.37. The Morgan fingerprint density at radius 1 is 1.11 bits per heavy atom. The number of hydrogen-bond donors (Lipinski definition) is 1. The summed E-state index contributed by atoms with van der Waals surface area (Å²) in [6, 6.07) is 19.9. The number of carbonyl (C=O) groups is 2. The largest absolute Gasteiger partial charge is 0.342 e. The Kier molecular flexibility index (Phi) is 5.48. The Bertz CT molecular complexity index is 956. The van der Waals surface area contributed by atoms with Gasteiger partial charge in [0.2, 0.25) is 11.8 Å². The Balaban J connectivity index is 1.33. The highest BCUT2D eigenvalue weighted by Crippen LogP contribution is 2.26. The van der Waals surface area contributed by atoms with Crippen LogP contribution < -0.4 is 5.32 Å². The molecule has 1 aliphatic heterocycles. The summed E-state index contributed by atoms with van der Waals surface area (Å²) in [6.45, 7) is 1.11. The molecule has 6 heteroatoms. The van der Waals surface area contributed by atoms with Crippen molar-refractivity contribution in [3.63, 3.8) is 0 Å². The summed E-state index contributed by atoms with van der Waals surface area (Å²) >= 11 is 1.40. The second-order valence-electron chi connectivity index (χ2n) is 6.87. The van der Waals surface area contributed by atoms with Gasteiger partial charge in [-0.3, -0.25) is 9.59 Å². The number of thiazole rings is 1. The fourth-order valence-corrected chi connectivity index (χ4v) is 4.08. The molecule has 1 aromatic heterocycles. The zero-order chi connectivity index (χ0) is 19.3. The lowest BCUT2D eigenvalue weighted by Gasteiger charge is -2.16. The Labute approximate surface area is 168 Å². The third-order valence-electron chi connectivity index (χ3n) is 4.90. The van der Waals surface area contributed by atoms with Gasteiger partial charge >= 0.3 is 0 Å². The molecular formula is C22H21N3O2S. The van der Waals surface area contributed by atoms with E-state index in [0.717, 1.165) is 17.7 Å². The molecule has 2 heterocycles. The van der Waals surface area contributed by atoms with Crippen molar-refractivity contribution in [2.24, 2.45) is 5.92 Å². The van der Waals surface area contributed by atoms with E-state index in [1.165, 1.54) is 16.9 Å². The lowest BCUT2D eigenvalue weighted by Crippen LogP contribution is -2.30. The van der Waals surface area contributed by atoms with Crippen LogP contribution in [0.5, 0.6) is 0 Å². The number of benzene rings is 2. The van der Waals surface area contributed by atoms with Crippen molar-refractivity contribution in [1.82, 2.24) is 9.88 Å². The normalized spacial score (nSPS) is 16.4. The minimum Gasteiger partial charge on any atom is -0.342 e. The van der Waals surface area contributed by atoms with Gasteiger partial charge in [-0.15, -0.1) is 11.3 Å². The maximum Gasteiger partial charge on any atom is 0.231 e. The molecule has 2 amide bonds. The van der Waals surface area contributed by atoms with Gasteiger partial charge in [-0.25, -0.2) is 4.98 Å². The van der Waals surface area contributed by atoms with Crippen molar-refractivity contribution in [3.05, 3.63) is 71.6 Å². The van der Waals surface area contributed by atoms with Gasteiger partial charge in [0.15, 0.2) is 5.13 Å². The van der Waals surface area contributed by atoms with Gasteiger partial charge in [0, 0.05) is 30.5 Å². The van der Waals surface area contributed by atoms with Crippen LogP contribution in [0, 0.1) is 5.92 Å². The molecule has 28 heavy (non-hydrogen) atoms. The molecule has 142 valence electrons. The van der Waals surface area contributed by atoms with Gasteiger partial charge in [0.05, 0.1) is 11.6 Å². The van der Waals surface area contributed by atoms with Crippen LogP contribution in [0.15, 0.2) is 66.0 Å². The number of hydrogen-bond acceptors (Lipinski definition) is 4. The molecule has 4 rings (SSSR count). The van der Waals surface area contributed by atoms with Crippen molar-refractivity contribution in [2.45, 2.75) is 12.8 Å². The van der Waals surface area contributed by atoms with E-state index in [0.29, 0.717) is 18.2 Å². The molecule has 1 saturated heterocycles. The highest BCUT2D eigenvalue weighted by molar-refractivity contribution is 7.14. The fraction of sp³-hybridized carbons (Fsp3) is 0.227. The van der Waals surface area contributed by atoms with Crippen LogP contribution in [0.2, 0.25) is 0 Å². The van der Waals surface area contributed by atoms with Crippen LogP contribution >= 0.6 is 11.3 Å². The molecule has 0 saturated carbocycles. The minimum atomic E-state index is -0.327. The first-order chi connectivity index (χ1) is 13.7. The number of likely N-dealkylation sites (tertiary alicyclic amines) is 1. The van der Waals surface area contributed by atoms with E-state index in [9.17, 15) is 9.59 Å². The summed E-state index contributed by atoms with van der Waals surface area (Å²) < 4.78 is 0. The van der Waals surface area contributed by atoms with Crippen LogP contribution in [0.3, 0.4) is 0 Å². The van der Waals surface area contributed by atoms with E-state index >= 15 is 0 Å². The second kappa shape index (κ2) is 8.35. The average Bonchev–Trinajstić information content (AvgIpc) is 3.34. The molecule has 1 N–H and O–H groups in total. The van der Waals surface area contributed by atoms with Crippen LogP contribution in [0.4, 0.5) is 5.13 Å². The first-order valence-corrected chi connectivity index (χ1v) is 10.2. The number of anilines is 1. The van der Waals surface area contributed by atoms with Crippen LogP contribution in [-0.4, -0.2) is 34.8 Å². The predicted molar refractivity (Wildman–Crippen MR) is 111 cm³/mol. The Hall–Kier alpha value is -2.99. The predicted octanol–water partition coefficient (Wildman–Crippen LogP) is 3.84. The van der Waals surface area contributed by atoms with E-state index in [4.69, 9.17) is 0 Å². The van der Waals surface area contributed by atoms with Crippen molar-refractivity contribution in [1.29, 1.82) is 0 Å². The van der Waals surface area contributed by atoms with E-state index < -0.39 is 0 Å². The van der Waals surface area contributed by atoms with Crippen molar-refractivity contribution < 1.29 is 9.59 Å². The third kappa shape index (κ3) is 4.28. The molecule has 3 aromatic rings. The lowest BCUT2D eigenvalue weighted by molar-refractivity contribution is -0.128.